The van der Waals surface area contributed by atoms with Gasteiger partial charge in [0.1, 0.15) is 0 Å². The second kappa shape index (κ2) is 8.23. The molecule has 0 spiro atoms. The van der Waals surface area contributed by atoms with Gasteiger partial charge in [-0.05, 0) is 36.8 Å². The van der Waals surface area contributed by atoms with Crippen LogP contribution >= 0.6 is 11.6 Å². The number of hydrogen-bond acceptors (Lipinski definition) is 3. The van der Waals surface area contributed by atoms with Crippen LogP contribution in [0.5, 0.6) is 0 Å². The van der Waals surface area contributed by atoms with Crippen molar-refractivity contribution in [2.24, 2.45) is 0 Å². The Balaban J connectivity index is 1.95. The third-order valence-electron chi connectivity index (χ3n) is 3.53. The fraction of sp³-hybridized carbons (Fsp3) is 0.222. The van der Waals surface area contributed by atoms with Crippen molar-refractivity contribution in [3.63, 3.8) is 0 Å². The number of esters is 1. The maximum absolute atomic E-state index is 12.9. The standard InChI is InChI=1S/C18H15ClF3NO3/c1-11(12-6-8-13(19)9-7-12)23-16(24)10-26-17(25)14-4-2-3-5-15(14)18(20,21)22/h2-9,11H,10H2,1H3,(H,23,24)/t11-/m1/s1. The normalized spacial score (nSPS) is 12.3. The Morgan fingerprint density at radius 2 is 1.73 bits per heavy atom. The predicted molar refractivity (Wildman–Crippen MR) is 89.7 cm³/mol. The second-order valence-electron chi connectivity index (χ2n) is 5.46. The zero-order chi connectivity index (χ0) is 19.3. The van der Waals surface area contributed by atoms with Crippen molar-refractivity contribution in [3.05, 3.63) is 70.2 Å². The number of amides is 1. The summed E-state index contributed by atoms with van der Waals surface area (Å²) in [5.41, 5.74) is -0.977. The van der Waals surface area contributed by atoms with E-state index >= 15 is 0 Å². The van der Waals surface area contributed by atoms with Crippen molar-refractivity contribution in [2.75, 3.05) is 6.61 Å². The molecular weight excluding hydrogens is 371 g/mol. The molecular formula is C18H15ClF3NO3. The van der Waals surface area contributed by atoms with Crippen LogP contribution in [0, 0.1) is 0 Å². The van der Waals surface area contributed by atoms with Crippen molar-refractivity contribution in [1.29, 1.82) is 0 Å². The molecule has 0 bridgehead atoms. The maximum Gasteiger partial charge on any atom is 0.417 e. The first-order valence-corrected chi connectivity index (χ1v) is 7.94. The van der Waals surface area contributed by atoms with E-state index in [2.05, 4.69) is 5.32 Å². The molecule has 0 unspecified atom stereocenters. The second-order valence-corrected chi connectivity index (χ2v) is 5.90. The van der Waals surface area contributed by atoms with E-state index in [0.717, 1.165) is 17.7 Å². The van der Waals surface area contributed by atoms with E-state index in [0.29, 0.717) is 5.02 Å². The molecule has 2 rings (SSSR count). The van der Waals surface area contributed by atoms with Gasteiger partial charge in [-0.3, -0.25) is 4.79 Å². The lowest BCUT2D eigenvalue weighted by molar-refractivity contribution is -0.138. The van der Waals surface area contributed by atoms with Crippen molar-refractivity contribution in [2.45, 2.75) is 19.1 Å². The summed E-state index contributed by atoms with van der Waals surface area (Å²) in [4.78, 5) is 23.8. The van der Waals surface area contributed by atoms with Crippen LogP contribution in [-0.2, 0) is 15.7 Å². The van der Waals surface area contributed by atoms with Crippen LogP contribution in [0.25, 0.3) is 0 Å². The highest BCUT2D eigenvalue weighted by molar-refractivity contribution is 6.30. The van der Waals surface area contributed by atoms with Gasteiger partial charge in [0.05, 0.1) is 17.2 Å². The van der Waals surface area contributed by atoms with E-state index in [1.54, 1.807) is 31.2 Å². The lowest BCUT2D eigenvalue weighted by atomic mass is 10.1. The van der Waals surface area contributed by atoms with Gasteiger partial charge in [-0.25, -0.2) is 4.79 Å². The molecule has 0 saturated heterocycles. The van der Waals surface area contributed by atoms with Gasteiger partial charge in [0, 0.05) is 5.02 Å². The number of halogens is 4. The quantitative estimate of drug-likeness (QED) is 0.776. The molecule has 0 aliphatic rings. The van der Waals surface area contributed by atoms with E-state index < -0.39 is 35.8 Å². The summed E-state index contributed by atoms with van der Waals surface area (Å²) < 4.78 is 43.4. The average molecular weight is 386 g/mol. The predicted octanol–water partition coefficient (Wildman–Crippen LogP) is 4.39. The molecule has 1 atom stereocenters. The van der Waals surface area contributed by atoms with E-state index in [4.69, 9.17) is 16.3 Å². The van der Waals surface area contributed by atoms with Crippen LogP contribution < -0.4 is 5.32 Å². The number of hydrogen-bond donors (Lipinski definition) is 1. The van der Waals surface area contributed by atoms with Gasteiger partial charge < -0.3 is 10.1 Å². The Morgan fingerprint density at radius 3 is 2.35 bits per heavy atom. The lowest BCUT2D eigenvalue weighted by Gasteiger charge is -2.15. The number of alkyl halides is 3. The molecule has 2 aromatic rings. The van der Waals surface area contributed by atoms with Crippen LogP contribution in [0.2, 0.25) is 5.02 Å². The summed E-state index contributed by atoms with van der Waals surface area (Å²) in [6.07, 6.45) is -4.69. The van der Waals surface area contributed by atoms with Gasteiger partial charge in [-0.15, -0.1) is 0 Å². The van der Waals surface area contributed by atoms with Gasteiger partial charge in [-0.2, -0.15) is 13.2 Å². The van der Waals surface area contributed by atoms with Crippen LogP contribution in [0.3, 0.4) is 0 Å². The number of rotatable bonds is 5. The highest BCUT2D eigenvalue weighted by Gasteiger charge is 2.35. The van der Waals surface area contributed by atoms with Crippen LogP contribution in [-0.4, -0.2) is 18.5 Å². The first-order valence-electron chi connectivity index (χ1n) is 7.56. The molecule has 0 fully saturated rings. The third-order valence-corrected chi connectivity index (χ3v) is 3.79. The molecule has 26 heavy (non-hydrogen) atoms. The first kappa shape index (κ1) is 19.8. The van der Waals surface area contributed by atoms with Crippen molar-refractivity contribution >= 4 is 23.5 Å². The molecule has 0 radical (unpaired) electrons. The largest absolute Gasteiger partial charge is 0.452 e. The van der Waals surface area contributed by atoms with E-state index in [1.807, 2.05) is 0 Å². The van der Waals surface area contributed by atoms with E-state index in [9.17, 15) is 22.8 Å². The highest BCUT2D eigenvalue weighted by Crippen LogP contribution is 2.32. The molecule has 2 aromatic carbocycles. The summed E-state index contributed by atoms with van der Waals surface area (Å²) in [6.45, 7) is 1.02. The molecule has 8 heteroatoms. The van der Waals surface area contributed by atoms with Crippen molar-refractivity contribution in [1.82, 2.24) is 5.32 Å². The molecule has 1 amide bonds. The Labute approximate surface area is 152 Å². The van der Waals surface area contributed by atoms with Gasteiger partial charge in [0.15, 0.2) is 6.61 Å². The monoisotopic (exact) mass is 385 g/mol. The minimum Gasteiger partial charge on any atom is -0.452 e. The van der Waals surface area contributed by atoms with Gasteiger partial charge in [-0.1, -0.05) is 35.9 Å². The SMILES string of the molecule is C[C@@H](NC(=O)COC(=O)c1ccccc1C(F)(F)F)c1ccc(Cl)cc1. The van der Waals surface area contributed by atoms with Gasteiger partial charge >= 0.3 is 12.1 Å². The molecule has 0 heterocycles. The van der Waals surface area contributed by atoms with Crippen LogP contribution in [0.15, 0.2) is 48.5 Å². The van der Waals surface area contributed by atoms with Gasteiger partial charge in [0.2, 0.25) is 0 Å². The number of carbonyl (C=O) groups excluding carboxylic acids is 2. The average Bonchev–Trinajstić information content (AvgIpc) is 2.59. The smallest absolute Gasteiger partial charge is 0.417 e. The Morgan fingerprint density at radius 1 is 1.12 bits per heavy atom. The summed E-state index contributed by atoms with van der Waals surface area (Å²) >= 11 is 5.78. The number of nitrogens with one attached hydrogen (secondary N) is 1. The third kappa shape index (κ3) is 5.23. The molecule has 0 aliphatic heterocycles. The number of carbonyl (C=O) groups is 2. The number of ether oxygens (including phenoxy) is 1. The van der Waals surface area contributed by atoms with E-state index in [1.165, 1.54) is 12.1 Å². The fourth-order valence-electron chi connectivity index (χ4n) is 2.24. The zero-order valence-corrected chi connectivity index (χ0v) is 14.4. The van der Waals surface area contributed by atoms with Crippen LogP contribution in [0.1, 0.15) is 34.5 Å². The maximum atomic E-state index is 12.9. The topological polar surface area (TPSA) is 55.4 Å². The highest BCUT2D eigenvalue weighted by atomic mass is 35.5. The van der Waals surface area contributed by atoms with Crippen molar-refractivity contribution in [3.8, 4) is 0 Å². The summed E-state index contributed by atoms with van der Waals surface area (Å²) in [5.74, 6) is -1.85. The Hall–Kier alpha value is -2.54. The van der Waals surface area contributed by atoms with Crippen LogP contribution in [0.4, 0.5) is 13.2 Å². The van der Waals surface area contributed by atoms with Gasteiger partial charge in [0.25, 0.3) is 5.91 Å². The first-order chi connectivity index (χ1) is 12.2. The molecule has 0 aromatic heterocycles. The molecule has 0 saturated carbocycles. The summed E-state index contributed by atoms with van der Waals surface area (Å²) in [6, 6.07) is 10.6. The fourth-order valence-corrected chi connectivity index (χ4v) is 2.36. The molecule has 138 valence electrons. The summed E-state index contributed by atoms with van der Waals surface area (Å²) in [7, 11) is 0. The zero-order valence-electron chi connectivity index (χ0n) is 13.6. The Kier molecular flexibility index (Phi) is 6.26. The van der Waals surface area contributed by atoms with E-state index in [-0.39, 0.29) is 6.04 Å². The molecule has 0 aliphatic carbocycles. The molecule has 4 nitrogen and oxygen atoms in total. The van der Waals surface area contributed by atoms with Crippen molar-refractivity contribution < 1.29 is 27.5 Å². The Bertz CT molecular complexity index is 791. The minimum absolute atomic E-state index is 0.388. The number of benzene rings is 2. The lowest BCUT2D eigenvalue weighted by Crippen LogP contribution is -2.31. The summed E-state index contributed by atoms with van der Waals surface area (Å²) in [5, 5.41) is 3.13. The minimum atomic E-state index is -4.69. The molecule has 1 N–H and O–H groups in total.